The Balaban J connectivity index is 1.67. The zero-order chi connectivity index (χ0) is 27.3. The summed E-state index contributed by atoms with van der Waals surface area (Å²) >= 11 is 0. The monoisotopic (exact) mass is 514 g/mol. The van der Waals surface area contributed by atoms with Crippen LogP contribution in [-0.2, 0) is 24.7 Å². The van der Waals surface area contributed by atoms with Crippen molar-refractivity contribution in [3.8, 4) is 0 Å². The van der Waals surface area contributed by atoms with Gasteiger partial charge in [-0.2, -0.15) is 0 Å². The second kappa shape index (κ2) is 9.79. The first kappa shape index (κ1) is 27.7. The SMILES string of the molecule is Cc1nc2ccc(C3(C)CC4OC4(C)CCCC(C)C(O)C(C)C(=O)C(C)(C)C(O)CC(=O)O3)cc2[nH]1. The van der Waals surface area contributed by atoms with Crippen LogP contribution in [0, 0.1) is 24.2 Å². The van der Waals surface area contributed by atoms with Gasteiger partial charge in [0.15, 0.2) is 0 Å². The molecule has 0 radical (unpaired) electrons. The summed E-state index contributed by atoms with van der Waals surface area (Å²) in [7, 11) is 0. The molecular formula is C29H42N2O6. The van der Waals surface area contributed by atoms with Crippen LogP contribution in [0.3, 0.4) is 0 Å². The van der Waals surface area contributed by atoms with Gasteiger partial charge >= 0.3 is 5.97 Å². The highest BCUT2D eigenvalue weighted by molar-refractivity contribution is 5.88. The van der Waals surface area contributed by atoms with Gasteiger partial charge in [-0.25, -0.2) is 4.98 Å². The molecule has 0 spiro atoms. The van der Waals surface area contributed by atoms with E-state index in [2.05, 4.69) is 16.9 Å². The number of carbonyl (C=O) groups excluding carboxylic acids is 2. The number of ether oxygens (including phenoxy) is 2. The minimum Gasteiger partial charge on any atom is -0.454 e. The van der Waals surface area contributed by atoms with Crippen molar-refractivity contribution in [2.75, 3.05) is 0 Å². The van der Waals surface area contributed by atoms with Gasteiger partial charge in [0.05, 0.1) is 46.8 Å². The maximum atomic E-state index is 13.3. The first-order valence-electron chi connectivity index (χ1n) is 13.4. The molecule has 8 heteroatoms. The molecule has 3 N–H and O–H groups in total. The van der Waals surface area contributed by atoms with Gasteiger partial charge in [-0.05, 0) is 57.2 Å². The van der Waals surface area contributed by atoms with Crippen LogP contribution >= 0.6 is 0 Å². The van der Waals surface area contributed by atoms with Crippen molar-refractivity contribution in [1.82, 2.24) is 9.97 Å². The van der Waals surface area contributed by atoms with E-state index in [4.69, 9.17) is 9.47 Å². The first-order valence-corrected chi connectivity index (χ1v) is 13.4. The molecule has 1 aromatic heterocycles. The third-order valence-corrected chi connectivity index (χ3v) is 8.83. The topological polar surface area (TPSA) is 125 Å². The molecule has 8 nitrogen and oxygen atoms in total. The minimum absolute atomic E-state index is 0.0829. The minimum atomic E-state index is -1.25. The highest BCUT2D eigenvalue weighted by Crippen LogP contribution is 2.48. The zero-order valence-corrected chi connectivity index (χ0v) is 23.1. The molecule has 4 rings (SSSR count). The smallest absolute Gasteiger partial charge is 0.309 e. The molecule has 2 saturated heterocycles. The molecular weight excluding hydrogens is 472 g/mol. The lowest BCUT2D eigenvalue weighted by atomic mass is 9.73. The van der Waals surface area contributed by atoms with Gasteiger partial charge in [0, 0.05) is 12.3 Å². The second-order valence-corrected chi connectivity index (χ2v) is 12.3. The molecule has 0 aliphatic carbocycles. The van der Waals surface area contributed by atoms with Crippen LogP contribution in [0.15, 0.2) is 18.2 Å². The number of aromatic amines is 1. The average molecular weight is 515 g/mol. The molecule has 37 heavy (non-hydrogen) atoms. The number of aryl methyl sites for hydroxylation is 1. The van der Waals surface area contributed by atoms with Crippen LogP contribution in [0.2, 0.25) is 0 Å². The van der Waals surface area contributed by atoms with Crippen molar-refractivity contribution in [2.24, 2.45) is 17.3 Å². The van der Waals surface area contributed by atoms with E-state index in [0.29, 0.717) is 6.42 Å². The number of aliphatic hydroxyl groups is 2. The lowest BCUT2D eigenvalue weighted by Gasteiger charge is -2.35. The number of cyclic esters (lactones) is 1. The van der Waals surface area contributed by atoms with Gasteiger partial charge in [-0.1, -0.05) is 40.2 Å². The number of esters is 1. The predicted octanol–water partition coefficient (Wildman–Crippen LogP) is 4.34. The van der Waals surface area contributed by atoms with Gasteiger partial charge in [-0.15, -0.1) is 0 Å². The number of hydrogen-bond donors (Lipinski definition) is 3. The van der Waals surface area contributed by atoms with Gasteiger partial charge < -0.3 is 24.7 Å². The maximum absolute atomic E-state index is 13.3. The van der Waals surface area contributed by atoms with E-state index in [1.807, 2.05) is 39.0 Å². The molecule has 7 atom stereocenters. The van der Waals surface area contributed by atoms with Gasteiger partial charge in [0.25, 0.3) is 0 Å². The molecule has 0 amide bonds. The Labute approximate surface area is 219 Å². The maximum Gasteiger partial charge on any atom is 0.309 e. The first-order chi connectivity index (χ1) is 17.2. The molecule has 7 unspecified atom stereocenters. The number of Topliss-reactive ketones (excluding diaryl/α,β-unsaturated/α-hetero) is 1. The molecule has 3 heterocycles. The van der Waals surface area contributed by atoms with Crippen molar-refractivity contribution in [3.05, 3.63) is 29.6 Å². The zero-order valence-electron chi connectivity index (χ0n) is 23.1. The van der Waals surface area contributed by atoms with E-state index in [9.17, 15) is 19.8 Å². The number of rotatable bonds is 1. The Morgan fingerprint density at radius 2 is 1.81 bits per heavy atom. The fourth-order valence-electron chi connectivity index (χ4n) is 5.86. The Morgan fingerprint density at radius 3 is 2.51 bits per heavy atom. The third-order valence-electron chi connectivity index (χ3n) is 8.83. The number of imidazole rings is 1. The normalized spacial score (nSPS) is 37.7. The Morgan fingerprint density at radius 1 is 1.11 bits per heavy atom. The van der Waals surface area contributed by atoms with Gasteiger partial charge in [0.2, 0.25) is 0 Å². The van der Waals surface area contributed by atoms with E-state index in [0.717, 1.165) is 41.7 Å². The van der Waals surface area contributed by atoms with E-state index < -0.39 is 35.1 Å². The van der Waals surface area contributed by atoms with Crippen LogP contribution in [0.1, 0.15) is 85.0 Å². The Kier molecular flexibility index (Phi) is 7.34. The number of aromatic nitrogens is 2. The van der Waals surface area contributed by atoms with Crippen molar-refractivity contribution < 1.29 is 29.3 Å². The highest BCUT2D eigenvalue weighted by Gasteiger charge is 2.55. The highest BCUT2D eigenvalue weighted by atomic mass is 16.6. The molecule has 0 saturated carbocycles. The number of H-pyrrole nitrogens is 1. The van der Waals surface area contributed by atoms with Crippen molar-refractivity contribution in [1.29, 1.82) is 0 Å². The number of nitrogens with zero attached hydrogens (tertiary/aromatic N) is 1. The largest absolute Gasteiger partial charge is 0.454 e. The number of ketones is 1. The van der Waals surface area contributed by atoms with E-state index in [1.54, 1.807) is 20.8 Å². The van der Waals surface area contributed by atoms with Crippen LogP contribution in [0.4, 0.5) is 0 Å². The fourth-order valence-corrected chi connectivity index (χ4v) is 5.86. The molecule has 2 aromatic rings. The van der Waals surface area contributed by atoms with Crippen molar-refractivity contribution in [2.45, 2.75) is 110 Å². The quantitative estimate of drug-likeness (QED) is 0.382. The summed E-state index contributed by atoms with van der Waals surface area (Å²) in [4.78, 5) is 34.3. The standard InChI is InChI=1S/C29H42N2O6/c1-16-9-8-12-28(6)23(36-28)15-29(7,19-10-11-20-21(13-19)31-18(3)30-20)37-24(33)14-22(32)27(4,5)26(35)17(2)25(16)34/h10-11,13,16-17,22-23,25,32,34H,8-9,12,14-15H2,1-7H3,(H,30,31). The number of fused-ring (bicyclic) bond motifs is 2. The van der Waals surface area contributed by atoms with Crippen LogP contribution in [0.25, 0.3) is 11.0 Å². The Bertz CT molecular complexity index is 1170. The number of carbonyl (C=O) groups is 2. The summed E-state index contributed by atoms with van der Waals surface area (Å²) in [6, 6.07) is 5.78. The van der Waals surface area contributed by atoms with Crippen molar-refractivity contribution >= 4 is 22.8 Å². The fraction of sp³-hybridized carbons (Fsp3) is 0.690. The van der Waals surface area contributed by atoms with Gasteiger partial charge in [-0.3, -0.25) is 9.59 Å². The molecule has 0 bridgehead atoms. The molecule has 2 aliphatic rings. The summed E-state index contributed by atoms with van der Waals surface area (Å²) < 4.78 is 12.3. The number of aliphatic hydroxyl groups excluding tert-OH is 2. The second-order valence-electron chi connectivity index (χ2n) is 12.3. The van der Waals surface area contributed by atoms with E-state index >= 15 is 0 Å². The van der Waals surface area contributed by atoms with Crippen LogP contribution < -0.4 is 0 Å². The average Bonchev–Trinajstić information content (AvgIpc) is 3.27. The molecule has 2 fully saturated rings. The summed E-state index contributed by atoms with van der Waals surface area (Å²) in [6.45, 7) is 12.8. The summed E-state index contributed by atoms with van der Waals surface area (Å²) in [5, 5.41) is 21.9. The van der Waals surface area contributed by atoms with Crippen molar-refractivity contribution in [3.63, 3.8) is 0 Å². The summed E-state index contributed by atoms with van der Waals surface area (Å²) in [5.74, 6) is -0.805. The molecule has 2 aliphatic heterocycles. The predicted molar refractivity (Wildman–Crippen MR) is 140 cm³/mol. The van der Waals surface area contributed by atoms with E-state index in [-0.39, 0.29) is 29.8 Å². The van der Waals surface area contributed by atoms with Crippen LogP contribution in [0.5, 0.6) is 0 Å². The number of hydrogen-bond acceptors (Lipinski definition) is 7. The molecule has 204 valence electrons. The summed E-state index contributed by atoms with van der Waals surface area (Å²) in [5.41, 5.74) is -0.0742. The Hall–Kier alpha value is -2.29. The number of benzene rings is 1. The molecule has 1 aromatic carbocycles. The number of epoxide rings is 1. The lowest BCUT2D eigenvalue weighted by Crippen LogP contribution is -2.46. The third kappa shape index (κ3) is 5.47. The lowest BCUT2D eigenvalue weighted by molar-refractivity contribution is -0.165. The van der Waals surface area contributed by atoms with Gasteiger partial charge in [0.1, 0.15) is 17.2 Å². The van der Waals surface area contributed by atoms with Crippen LogP contribution in [-0.4, -0.2) is 55.8 Å². The van der Waals surface area contributed by atoms with E-state index in [1.165, 1.54) is 0 Å². The summed E-state index contributed by atoms with van der Waals surface area (Å²) in [6.07, 6.45) is 0.358. The number of nitrogens with one attached hydrogen (secondary N) is 1.